The fraction of sp³-hybridized carbons (Fsp3) is 0.686. The highest BCUT2D eigenvalue weighted by molar-refractivity contribution is 6.09. The molecule has 20 heteroatoms. The van der Waals surface area contributed by atoms with E-state index in [2.05, 4.69) is 26.6 Å². The molecule has 0 aromatic heterocycles. The van der Waals surface area contributed by atoms with E-state index in [0.717, 1.165) is 0 Å². The van der Waals surface area contributed by atoms with Crippen LogP contribution in [0.3, 0.4) is 0 Å². The van der Waals surface area contributed by atoms with Crippen molar-refractivity contribution in [3.05, 3.63) is 29.8 Å². The molecule has 1 fully saturated rings. The Hall–Kier alpha value is -6.08. The summed E-state index contributed by atoms with van der Waals surface area (Å²) in [5, 5.41) is 13.2. The molecule has 1 aliphatic rings. The number of nitrogens with one attached hydrogen (secondary N) is 5. The van der Waals surface area contributed by atoms with Gasteiger partial charge < -0.3 is 50.8 Å². The van der Waals surface area contributed by atoms with Crippen LogP contribution in [-0.4, -0.2) is 157 Å². The van der Waals surface area contributed by atoms with Crippen molar-refractivity contribution in [1.29, 1.82) is 0 Å². The van der Waals surface area contributed by atoms with Gasteiger partial charge in [0.15, 0.2) is 11.9 Å². The average Bonchev–Trinajstić information content (AvgIpc) is 3.32. The van der Waals surface area contributed by atoms with Crippen LogP contribution in [0.4, 0.5) is 0 Å². The minimum atomic E-state index is -1.80. The molecule has 0 saturated carbocycles. The zero-order valence-corrected chi connectivity index (χ0v) is 45.0. The van der Waals surface area contributed by atoms with Crippen molar-refractivity contribution in [2.75, 3.05) is 41.3 Å². The Morgan fingerprint density at radius 3 is 1.72 bits per heavy atom. The van der Waals surface area contributed by atoms with E-state index in [1.807, 2.05) is 13.8 Å². The number of rotatable bonds is 9. The summed E-state index contributed by atoms with van der Waals surface area (Å²) in [5.74, 6) is -9.07. The number of Topliss-reactive ketones (excluding diaryl/α,β-unsaturated/α-hetero) is 1. The number of esters is 1. The average molecular weight is 999 g/mol. The number of ether oxygens (including phenoxy) is 2. The van der Waals surface area contributed by atoms with Crippen LogP contribution in [0.1, 0.15) is 108 Å². The van der Waals surface area contributed by atoms with Crippen molar-refractivity contribution in [2.45, 2.75) is 152 Å². The monoisotopic (exact) mass is 999 g/mol. The maximum atomic E-state index is 14.6. The minimum absolute atomic E-state index is 0.0348. The summed E-state index contributed by atoms with van der Waals surface area (Å²) >= 11 is 0. The van der Waals surface area contributed by atoms with E-state index in [1.165, 1.54) is 77.6 Å². The first kappa shape index (κ1) is 61.0. The van der Waals surface area contributed by atoms with Gasteiger partial charge in [-0.3, -0.25) is 47.9 Å². The number of hydrogen-bond acceptors (Lipinski definition) is 12. The van der Waals surface area contributed by atoms with Gasteiger partial charge in [0.2, 0.25) is 41.4 Å². The number of cyclic esters (lactones) is 1. The lowest BCUT2D eigenvalue weighted by Gasteiger charge is -2.37. The van der Waals surface area contributed by atoms with Gasteiger partial charge in [-0.1, -0.05) is 67.5 Å². The van der Waals surface area contributed by atoms with Crippen molar-refractivity contribution < 1.29 is 57.4 Å². The number of nitrogens with zero attached hydrogens (tertiary/aromatic N) is 3. The van der Waals surface area contributed by atoms with Crippen molar-refractivity contribution >= 4 is 59.0 Å². The van der Waals surface area contributed by atoms with E-state index in [1.54, 1.807) is 65.8 Å². The number of benzene rings is 1. The summed E-state index contributed by atoms with van der Waals surface area (Å²) in [7, 11) is 5.73. The lowest BCUT2D eigenvalue weighted by molar-refractivity contribution is -0.163. The summed E-state index contributed by atoms with van der Waals surface area (Å²) in [6, 6.07) is 0.0125. The predicted molar refractivity (Wildman–Crippen MR) is 266 cm³/mol. The maximum absolute atomic E-state index is 14.6. The predicted octanol–water partition coefficient (Wildman–Crippen LogP) is 2.01. The molecule has 8 amide bonds. The second-order valence-corrected chi connectivity index (χ2v) is 20.2. The molecule has 0 spiro atoms. The Balaban J connectivity index is 2.71. The van der Waals surface area contributed by atoms with Gasteiger partial charge in [-0.15, -0.1) is 0 Å². The molecule has 1 aromatic rings. The molecule has 398 valence electrons. The molecule has 1 heterocycles. The van der Waals surface area contributed by atoms with Crippen LogP contribution in [0.15, 0.2) is 24.3 Å². The van der Waals surface area contributed by atoms with E-state index in [-0.39, 0.29) is 18.8 Å². The standard InChI is InChI=1S/C51H82N8O12/c1-18-29(7)42-47(66)53-26-39(61)59(16)41(30(8)27(3)4)46(65)52-25-38(60)58(15)40(28(5)6)48(67)57(14)37(24-34-20-22-35(70-17)23-21-34)45(64)54-32(10)43(62)51(12,13)50(69)55-33(11)44(63)56-36(19-2)31(9)49(68)71-42/h20-23,27-33,36-37,40-42H,18-19,24-26H2,1-17H3,(H,52,65)(H,53,66)(H,54,64)(H,55,69)(H,56,63)/t29-,30?,31-,32?,33-,36+,37-,40-,41-,42?/m0/s1. The Morgan fingerprint density at radius 2 is 1.23 bits per heavy atom. The SMILES string of the molecule is CC[C@H](C)C1OC(=O)[C@@H](C)[C@@H](CC)NC(=O)[C@H](C)NC(=O)C(C)(C)C(=O)C(C)NC(=O)[C@H](Cc2ccc(OC)cc2)N(C)C(=O)[C@H](C(C)C)N(C)C(=O)CNC(=O)[C@H](C(C)C(C)C)N(C)C(=O)CNC1=O. The van der Waals surface area contributed by atoms with Crippen molar-refractivity contribution in [3.63, 3.8) is 0 Å². The molecule has 0 aliphatic carbocycles. The molecule has 3 unspecified atom stereocenters. The second-order valence-electron chi connectivity index (χ2n) is 20.2. The van der Waals surface area contributed by atoms with Crippen LogP contribution in [0, 0.1) is 35.0 Å². The Morgan fingerprint density at radius 1 is 0.690 bits per heavy atom. The lowest BCUT2D eigenvalue weighted by Crippen LogP contribution is -2.60. The van der Waals surface area contributed by atoms with Crippen LogP contribution >= 0.6 is 0 Å². The van der Waals surface area contributed by atoms with Crippen LogP contribution in [-0.2, 0) is 59.1 Å². The third-order valence-corrected chi connectivity index (χ3v) is 13.9. The molecular formula is C51H82N8O12. The van der Waals surface area contributed by atoms with Gasteiger partial charge in [0.05, 0.1) is 32.2 Å². The molecule has 0 radical (unpaired) electrons. The third kappa shape index (κ3) is 16.0. The number of likely N-dealkylation sites (N-methyl/N-ethyl adjacent to an activating group) is 3. The van der Waals surface area contributed by atoms with Gasteiger partial charge in [-0.2, -0.15) is 0 Å². The maximum Gasteiger partial charge on any atom is 0.311 e. The topological polar surface area (TPSA) is 259 Å². The van der Waals surface area contributed by atoms with Crippen molar-refractivity contribution in [3.8, 4) is 5.75 Å². The molecule has 20 nitrogen and oxygen atoms in total. The van der Waals surface area contributed by atoms with Gasteiger partial charge in [-0.25, -0.2) is 0 Å². The molecule has 1 aromatic carbocycles. The number of carbonyl (C=O) groups excluding carboxylic acids is 10. The Kier molecular flexibility index (Phi) is 23.2. The third-order valence-electron chi connectivity index (χ3n) is 13.9. The number of hydrogen-bond donors (Lipinski definition) is 5. The van der Waals surface area contributed by atoms with E-state index in [0.29, 0.717) is 17.7 Å². The van der Waals surface area contributed by atoms with Crippen LogP contribution in [0.5, 0.6) is 5.75 Å². The number of ketones is 1. The summed E-state index contributed by atoms with van der Waals surface area (Å²) < 4.78 is 11.1. The van der Waals surface area contributed by atoms with Crippen LogP contribution in [0.2, 0.25) is 0 Å². The first-order valence-electron chi connectivity index (χ1n) is 24.6. The summed E-state index contributed by atoms with van der Waals surface area (Å²) in [4.78, 5) is 143. The molecule has 1 aliphatic heterocycles. The number of carbonyl (C=O) groups is 10. The first-order valence-corrected chi connectivity index (χ1v) is 24.6. The summed E-state index contributed by atoms with van der Waals surface area (Å²) in [6.45, 7) is 20.1. The molecule has 1 saturated heterocycles. The van der Waals surface area contributed by atoms with Gasteiger partial charge in [-0.05, 0) is 82.9 Å². The quantitative estimate of drug-likeness (QED) is 0.176. The minimum Gasteiger partial charge on any atom is -0.497 e. The molecule has 0 bridgehead atoms. The summed E-state index contributed by atoms with van der Waals surface area (Å²) in [5.41, 5.74) is -1.17. The van der Waals surface area contributed by atoms with Crippen molar-refractivity contribution in [2.24, 2.45) is 35.0 Å². The fourth-order valence-corrected chi connectivity index (χ4v) is 8.27. The Bertz CT molecular complexity index is 2080. The van der Waals surface area contributed by atoms with Gasteiger partial charge >= 0.3 is 5.97 Å². The normalized spacial score (nSPS) is 27.0. The lowest BCUT2D eigenvalue weighted by atomic mass is 9.83. The molecule has 5 N–H and O–H groups in total. The first-order chi connectivity index (χ1) is 33.0. The highest BCUT2D eigenvalue weighted by atomic mass is 16.5. The number of amides is 8. The molecular weight excluding hydrogens is 917 g/mol. The zero-order valence-electron chi connectivity index (χ0n) is 45.0. The molecule has 71 heavy (non-hydrogen) atoms. The van der Waals surface area contributed by atoms with Gasteiger partial charge in [0.1, 0.15) is 35.3 Å². The Labute approximate surface area is 420 Å². The fourth-order valence-electron chi connectivity index (χ4n) is 8.27. The summed E-state index contributed by atoms with van der Waals surface area (Å²) in [6.07, 6.45) is -0.701. The second kappa shape index (κ2) is 26.9. The smallest absolute Gasteiger partial charge is 0.311 e. The van der Waals surface area contributed by atoms with E-state index in [9.17, 15) is 47.9 Å². The van der Waals surface area contributed by atoms with E-state index in [4.69, 9.17) is 9.47 Å². The highest BCUT2D eigenvalue weighted by Gasteiger charge is 2.43. The van der Waals surface area contributed by atoms with Crippen LogP contribution < -0.4 is 31.3 Å². The highest BCUT2D eigenvalue weighted by Crippen LogP contribution is 2.24. The molecule has 2 rings (SSSR count). The number of methoxy groups -OCH3 is 1. The molecule has 10 atom stereocenters. The van der Waals surface area contributed by atoms with E-state index >= 15 is 0 Å². The zero-order chi connectivity index (χ0) is 54.4. The van der Waals surface area contributed by atoms with Gasteiger partial charge in [0, 0.05) is 39.5 Å². The van der Waals surface area contributed by atoms with Gasteiger partial charge in [0.25, 0.3) is 5.91 Å². The largest absolute Gasteiger partial charge is 0.497 e. The van der Waals surface area contributed by atoms with Crippen molar-refractivity contribution in [1.82, 2.24) is 41.3 Å². The van der Waals surface area contributed by atoms with Crippen LogP contribution in [0.25, 0.3) is 0 Å². The van der Waals surface area contributed by atoms with E-state index < -0.39 is 144 Å².